The fraction of sp³-hybridized carbons (Fsp3) is 0.346. The van der Waals surface area contributed by atoms with Gasteiger partial charge in [-0.2, -0.15) is 4.98 Å². The molecule has 176 valence electrons. The van der Waals surface area contributed by atoms with Crippen LogP contribution < -0.4 is 20.0 Å². The maximum Gasteiger partial charge on any atom is 0.343 e. The highest BCUT2D eigenvalue weighted by Crippen LogP contribution is 2.39. The number of ether oxygens (including phenoxy) is 1. The fourth-order valence-corrected chi connectivity index (χ4v) is 4.65. The Morgan fingerprint density at radius 1 is 1.09 bits per heavy atom. The summed E-state index contributed by atoms with van der Waals surface area (Å²) in [6.45, 7) is 3.09. The predicted octanol–water partition coefficient (Wildman–Crippen LogP) is 5.35. The van der Waals surface area contributed by atoms with Crippen LogP contribution in [0.15, 0.2) is 60.8 Å². The van der Waals surface area contributed by atoms with E-state index in [9.17, 15) is 4.79 Å². The van der Waals surface area contributed by atoms with Gasteiger partial charge < -0.3 is 10.1 Å². The van der Waals surface area contributed by atoms with Gasteiger partial charge in [0.2, 0.25) is 5.95 Å². The first-order valence-electron chi connectivity index (χ1n) is 11.9. The Balaban J connectivity index is 1.39. The summed E-state index contributed by atoms with van der Waals surface area (Å²) in [5, 5.41) is 7.20. The second-order valence-electron chi connectivity index (χ2n) is 8.67. The van der Waals surface area contributed by atoms with Crippen LogP contribution in [0.5, 0.6) is 5.75 Å². The van der Waals surface area contributed by atoms with E-state index in [0.717, 1.165) is 41.3 Å². The van der Waals surface area contributed by atoms with Gasteiger partial charge in [-0.15, -0.1) is 0 Å². The van der Waals surface area contributed by atoms with Crippen molar-refractivity contribution < 1.29 is 9.53 Å². The van der Waals surface area contributed by atoms with Crippen molar-refractivity contribution in [1.82, 2.24) is 15.0 Å². The summed E-state index contributed by atoms with van der Waals surface area (Å²) in [6.07, 6.45) is 6.18. The number of urea groups is 1. The largest absolute Gasteiger partial charge is 0.489 e. The SMILES string of the molecule is CCN1C(=O)N(C)c2cnc(Nc3cccc(OCc4ccccc4)c3)nc2N1C1CCCC1. The number of anilines is 4. The van der Waals surface area contributed by atoms with Crippen molar-refractivity contribution >= 4 is 29.2 Å². The van der Waals surface area contributed by atoms with Crippen molar-refractivity contribution in [1.29, 1.82) is 0 Å². The average Bonchev–Trinajstić information content (AvgIpc) is 3.40. The lowest BCUT2D eigenvalue weighted by Crippen LogP contribution is -2.59. The molecule has 0 atom stereocenters. The van der Waals surface area contributed by atoms with Crippen molar-refractivity contribution in [2.75, 3.05) is 28.8 Å². The lowest BCUT2D eigenvalue weighted by molar-refractivity contribution is 0.191. The van der Waals surface area contributed by atoms with Gasteiger partial charge in [0, 0.05) is 25.3 Å². The number of aromatic nitrogens is 2. The summed E-state index contributed by atoms with van der Waals surface area (Å²) < 4.78 is 5.96. The Morgan fingerprint density at radius 3 is 2.65 bits per heavy atom. The molecular weight excluding hydrogens is 428 g/mol. The summed E-state index contributed by atoms with van der Waals surface area (Å²) >= 11 is 0. The number of fused-ring (bicyclic) bond motifs is 1. The fourth-order valence-electron chi connectivity index (χ4n) is 4.65. The van der Waals surface area contributed by atoms with Gasteiger partial charge in [0.25, 0.3) is 0 Å². The number of carbonyl (C=O) groups is 1. The van der Waals surface area contributed by atoms with Gasteiger partial charge in [-0.1, -0.05) is 49.2 Å². The molecule has 1 saturated carbocycles. The quantitative estimate of drug-likeness (QED) is 0.514. The van der Waals surface area contributed by atoms with Gasteiger partial charge in [-0.3, -0.25) is 9.91 Å². The number of amides is 2. The van der Waals surface area contributed by atoms with Gasteiger partial charge in [0.15, 0.2) is 5.82 Å². The summed E-state index contributed by atoms with van der Waals surface area (Å²) in [4.78, 5) is 24.0. The highest BCUT2D eigenvalue weighted by Gasteiger charge is 2.39. The Morgan fingerprint density at radius 2 is 1.88 bits per heavy atom. The normalized spacial score (nSPS) is 16.1. The Labute approximate surface area is 200 Å². The second-order valence-corrected chi connectivity index (χ2v) is 8.67. The van der Waals surface area contributed by atoms with Crippen LogP contribution >= 0.6 is 0 Å². The van der Waals surface area contributed by atoms with Crippen molar-refractivity contribution in [2.45, 2.75) is 45.3 Å². The van der Waals surface area contributed by atoms with E-state index in [4.69, 9.17) is 9.72 Å². The first-order chi connectivity index (χ1) is 16.6. The molecule has 0 radical (unpaired) electrons. The third kappa shape index (κ3) is 4.35. The van der Waals surface area contributed by atoms with E-state index in [-0.39, 0.29) is 12.1 Å². The predicted molar refractivity (Wildman–Crippen MR) is 133 cm³/mol. The number of hydrazine groups is 1. The van der Waals surface area contributed by atoms with E-state index < -0.39 is 0 Å². The number of hydrogen-bond acceptors (Lipinski definition) is 6. The second kappa shape index (κ2) is 9.59. The van der Waals surface area contributed by atoms with Crippen molar-refractivity contribution in [2.24, 2.45) is 0 Å². The van der Waals surface area contributed by atoms with E-state index in [1.807, 2.05) is 61.5 Å². The van der Waals surface area contributed by atoms with Crippen LogP contribution in [0.4, 0.5) is 27.9 Å². The summed E-state index contributed by atoms with van der Waals surface area (Å²) in [5.74, 6) is 2.02. The molecule has 2 amide bonds. The summed E-state index contributed by atoms with van der Waals surface area (Å²) in [5.41, 5.74) is 2.68. The molecule has 8 nitrogen and oxygen atoms in total. The van der Waals surface area contributed by atoms with E-state index in [0.29, 0.717) is 19.1 Å². The number of nitrogens with one attached hydrogen (secondary N) is 1. The zero-order valence-electron chi connectivity index (χ0n) is 19.6. The molecule has 0 spiro atoms. The highest BCUT2D eigenvalue weighted by molar-refractivity contribution is 5.98. The Hall–Kier alpha value is -3.81. The molecule has 0 unspecified atom stereocenters. The van der Waals surface area contributed by atoms with Crippen molar-refractivity contribution in [3.8, 4) is 5.75 Å². The molecule has 1 N–H and O–H groups in total. The number of benzene rings is 2. The minimum atomic E-state index is -0.0468. The lowest BCUT2D eigenvalue weighted by atomic mass is 10.2. The van der Waals surface area contributed by atoms with Gasteiger partial charge in [-0.05, 0) is 37.5 Å². The molecule has 1 aliphatic carbocycles. The molecule has 3 aromatic rings. The van der Waals surface area contributed by atoms with E-state index >= 15 is 0 Å². The molecule has 1 aromatic heterocycles. The summed E-state index contributed by atoms with van der Waals surface area (Å²) in [6, 6.07) is 18.1. The van der Waals surface area contributed by atoms with Crippen LogP contribution in [0.1, 0.15) is 38.2 Å². The number of nitrogens with zero attached hydrogens (tertiary/aromatic N) is 5. The maximum absolute atomic E-state index is 13.0. The smallest absolute Gasteiger partial charge is 0.343 e. The number of hydrogen-bond donors (Lipinski definition) is 1. The monoisotopic (exact) mass is 458 g/mol. The van der Waals surface area contributed by atoms with E-state index in [1.54, 1.807) is 23.2 Å². The zero-order valence-corrected chi connectivity index (χ0v) is 19.6. The van der Waals surface area contributed by atoms with E-state index in [2.05, 4.69) is 15.3 Å². The Bertz CT molecular complexity index is 1150. The topological polar surface area (TPSA) is 73.8 Å². The first-order valence-corrected chi connectivity index (χ1v) is 11.9. The molecule has 5 rings (SSSR count). The minimum absolute atomic E-state index is 0.0468. The van der Waals surface area contributed by atoms with Crippen LogP contribution in [0.3, 0.4) is 0 Å². The molecule has 1 fully saturated rings. The molecule has 2 heterocycles. The van der Waals surface area contributed by atoms with Crippen molar-refractivity contribution in [3.63, 3.8) is 0 Å². The third-order valence-electron chi connectivity index (χ3n) is 6.40. The molecule has 2 aliphatic rings. The maximum atomic E-state index is 13.0. The Kier molecular flexibility index (Phi) is 6.20. The van der Waals surface area contributed by atoms with Crippen LogP contribution in [0, 0.1) is 0 Å². The van der Waals surface area contributed by atoms with Crippen molar-refractivity contribution in [3.05, 3.63) is 66.4 Å². The molecule has 0 saturated heterocycles. The van der Waals surface area contributed by atoms with Crippen LogP contribution in [0.25, 0.3) is 0 Å². The molecule has 1 aliphatic heterocycles. The highest BCUT2D eigenvalue weighted by atomic mass is 16.5. The van der Waals surface area contributed by atoms with Crippen LogP contribution in [0.2, 0.25) is 0 Å². The van der Waals surface area contributed by atoms with Crippen LogP contribution in [-0.4, -0.2) is 40.6 Å². The first kappa shape index (κ1) is 22.0. The van der Waals surface area contributed by atoms with Gasteiger partial charge in [0.1, 0.15) is 18.0 Å². The zero-order chi connectivity index (χ0) is 23.5. The summed E-state index contributed by atoms with van der Waals surface area (Å²) in [7, 11) is 1.78. The number of carbonyl (C=O) groups excluding carboxylic acids is 1. The molecule has 8 heteroatoms. The third-order valence-corrected chi connectivity index (χ3v) is 6.40. The van der Waals surface area contributed by atoms with Gasteiger partial charge in [-0.25, -0.2) is 14.8 Å². The molecular formula is C26H30N6O2. The minimum Gasteiger partial charge on any atom is -0.489 e. The van der Waals surface area contributed by atoms with Gasteiger partial charge in [0.05, 0.1) is 12.2 Å². The molecule has 34 heavy (non-hydrogen) atoms. The lowest BCUT2D eigenvalue weighted by Gasteiger charge is -2.45. The standard InChI is InChI=1S/C26H30N6O2/c1-3-31-26(33)30(2)23-17-27-25(29-24(23)32(31)21-13-7-8-14-21)28-20-12-9-15-22(16-20)34-18-19-10-5-4-6-11-19/h4-6,9-12,15-17,21H,3,7-8,13-14,18H2,1-2H3,(H,27,28,29). The van der Waals surface area contributed by atoms with Crippen LogP contribution in [-0.2, 0) is 6.61 Å². The molecule has 0 bridgehead atoms. The molecule has 2 aromatic carbocycles. The average molecular weight is 459 g/mol. The number of rotatable bonds is 7. The van der Waals surface area contributed by atoms with E-state index in [1.165, 1.54) is 12.8 Å². The van der Waals surface area contributed by atoms with Gasteiger partial charge >= 0.3 is 6.03 Å².